The molecule has 0 fully saturated rings. The van der Waals surface area contributed by atoms with E-state index < -0.39 is 10.0 Å². The second kappa shape index (κ2) is 8.00. The highest BCUT2D eigenvalue weighted by molar-refractivity contribution is 7.91. The molecule has 0 bridgehead atoms. The molecule has 2 aromatic carbocycles. The van der Waals surface area contributed by atoms with Gasteiger partial charge >= 0.3 is 0 Å². The fraction of sp³-hybridized carbons (Fsp3) is 0.350. The van der Waals surface area contributed by atoms with Crippen molar-refractivity contribution in [2.75, 3.05) is 23.3 Å². The van der Waals surface area contributed by atoms with E-state index in [9.17, 15) is 13.2 Å². The average molecular weight is 388 g/mol. The molecular weight excluding hydrogens is 364 g/mol. The molecule has 7 heteroatoms. The Labute approximate surface area is 160 Å². The lowest BCUT2D eigenvalue weighted by Crippen LogP contribution is -2.35. The Hall–Kier alpha value is -2.54. The third-order valence-electron chi connectivity index (χ3n) is 4.54. The second-order valence-corrected chi connectivity index (χ2v) is 8.28. The first-order valence-corrected chi connectivity index (χ1v) is 10.6. The van der Waals surface area contributed by atoms with Gasteiger partial charge < -0.3 is 9.64 Å². The number of amides is 1. The van der Waals surface area contributed by atoms with Gasteiger partial charge in [0.15, 0.2) is 0 Å². The van der Waals surface area contributed by atoms with E-state index in [1.807, 2.05) is 19.1 Å². The summed E-state index contributed by atoms with van der Waals surface area (Å²) in [6.07, 6.45) is 1.94. The molecule has 144 valence electrons. The SMILES string of the molecule is CCCN1C(=O)CCc2cc(NS(=O)(=O)Cc3ccccc3OC)ccc21. The predicted octanol–water partition coefficient (Wildman–Crippen LogP) is 3.33. The number of benzene rings is 2. The minimum atomic E-state index is -3.59. The summed E-state index contributed by atoms with van der Waals surface area (Å²) in [5.41, 5.74) is 2.97. The number of fused-ring (bicyclic) bond motifs is 1. The molecule has 0 saturated heterocycles. The number of aryl methyl sites for hydroxylation is 1. The summed E-state index contributed by atoms with van der Waals surface area (Å²) >= 11 is 0. The highest BCUT2D eigenvalue weighted by atomic mass is 32.2. The summed E-state index contributed by atoms with van der Waals surface area (Å²) in [5, 5.41) is 0. The number of para-hydroxylation sites is 1. The van der Waals surface area contributed by atoms with Crippen molar-refractivity contribution < 1.29 is 17.9 Å². The Morgan fingerprint density at radius 1 is 1.15 bits per heavy atom. The van der Waals surface area contributed by atoms with Crippen LogP contribution >= 0.6 is 0 Å². The van der Waals surface area contributed by atoms with Crippen LogP contribution in [-0.2, 0) is 27.0 Å². The quantitative estimate of drug-likeness (QED) is 0.789. The zero-order valence-electron chi connectivity index (χ0n) is 15.6. The first kappa shape index (κ1) is 19.2. The average Bonchev–Trinajstić information content (AvgIpc) is 2.64. The molecule has 0 aromatic heterocycles. The maximum absolute atomic E-state index is 12.6. The van der Waals surface area contributed by atoms with E-state index in [1.54, 1.807) is 35.2 Å². The van der Waals surface area contributed by atoms with Gasteiger partial charge in [-0.25, -0.2) is 8.42 Å². The van der Waals surface area contributed by atoms with Crippen molar-refractivity contribution >= 4 is 27.3 Å². The van der Waals surface area contributed by atoms with E-state index in [4.69, 9.17) is 4.74 Å². The lowest BCUT2D eigenvalue weighted by Gasteiger charge is -2.29. The fourth-order valence-electron chi connectivity index (χ4n) is 3.33. The molecule has 1 aliphatic rings. The van der Waals surface area contributed by atoms with Gasteiger partial charge in [0, 0.05) is 29.9 Å². The zero-order chi connectivity index (χ0) is 19.4. The number of nitrogens with one attached hydrogen (secondary N) is 1. The van der Waals surface area contributed by atoms with Gasteiger partial charge in [0.2, 0.25) is 15.9 Å². The molecule has 1 heterocycles. The lowest BCUT2D eigenvalue weighted by atomic mass is 10.0. The smallest absolute Gasteiger partial charge is 0.237 e. The molecule has 27 heavy (non-hydrogen) atoms. The maximum atomic E-state index is 12.6. The van der Waals surface area contributed by atoms with Crippen LogP contribution in [0.3, 0.4) is 0 Å². The Balaban J connectivity index is 1.80. The number of hydrogen-bond donors (Lipinski definition) is 1. The molecule has 1 N–H and O–H groups in total. The van der Waals surface area contributed by atoms with Crippen molar-refractivity contribution in [1.29, 1.82) is 0 Å². The third kappa shape index (κ3) is 4.42. The molecule has 2 aromatic rings. The first-order valence-electron chi connectivity index (χ1n) is 8.99. The van der Waals surface area contributed by atoms with Crippen LogP contribution in [-0.4, -0.2) is 28.0 Å². The van der Waals surface area contributed by atoms with Gasteiger partial charge in [0.1, 0.15) is 5.75 Å². The molecule has 1 amide bonds. The Kier molecular flexibility index (Phi) is 5.70. The van der Waals surface area contributed by atoms with Crippen molar-refractivity contribution in [3.63, 3.8) is 0 Å². The molecule has 0 aliphatic carbocycles. The van der Waals surface area contributed by atoms with Gasteiger partial charge in [-0.3, -0.25) is 9.52 Å². The number of nitrogens with zero attached hydrogens (tertiary/aromatic N) is 1. The van der Waals surface area contributed by atoms with Crippen LogP contribution in [0.4, 0.5) is 11.4 Å². The summed E-state index contributed by atoms with van der Waals surface area (Å²) < 4.78 is 33.1. The van der Waals surface area contributed by atoms with E-state index in [-0.39, 0.29) is 11.7 Å². The van der Waals surface area contributed by atoms with E-state index >= 15 is 0 Å². The Morgan fingerprint density at radius 2 is 1.93 bits per heavy atom. The second-order valence-electron chi connectivity index (χ2n) is 6.56. The summed E-state index contributed by atoms with van der Waals surface area (Å²) in [6, 6.07) is 12.4. The minimum absolute atomic E-state index is 0.119. The molecule has 0 unspecified atom stereocenters. The number of anilines is 2. The molecule has 0 spiro atoms. The topological polar surface area (TPSA) is 75.7 Å². The van der Waals surface area contributed by atoms with E-state index in [0.717, 1.165) is 17.7 Å². The highest BCUT2D eigenvalue weighted by Gasteiger charge is 2.24. The van der Waals surface area contributed by atoms with Crippen LogP contribution in [0.1, 0.15) is 30.9 Å². The van der Waals surface area contributed by atoms with Crippen molar-refractivity contribution in [2.24, 2.45) is 0 Å². The summed E-state index contributed by atoms with van der Waals surface area (Å²) in [4.78, 5) is 13.9. The van der Waals surface area contributed by atoms with E-state index in [2.05, 4.69) is 4.72 Å². The van der Waals surface area contributed by atoms with Gasteiger partial charge in [-0.05, 0) is 42.7 Å². The number of sulfonamides is 1. The van der Waals surface area contributed by atoms with Gasteiger partial charge in [0.05, 0.1) is 12.9 Å². The van der Waals surface area contributed by atoms with Crippen molar-refractivity contribution in [3.05, 3.63) is 53.6 Å². The van der Waals surface area contributed by atoms with E-state index in [0.29, 0.717) is 36.4 Å². The maximum Gasteiger partial charge on any atom is 0.237 e. The number of ether oxygens (including phenoxy) is 1. The summed E-state index contributed by atoms with van der Waals surface area (Å²) in [7, 11) is -2.07. The van der Waals surface area contributed by atoms with Crippen LogP contribution < -0.4 is 14.4 Å². The number of carbonyl (C=O) groups is 1. The lowest BCUT2D eigenvalue weighted by molar-refractivity contribution is -0.118. The molecule has 1 aliphatic heterocycles. The van der Waals surface area contributed by atoms with Crippen molar-refractivity contribution in [2.45, 2.75) is 31.9 Å². The van der Waals surface area contributed by atoms with Crippen LogP contribution in [0.2, 0.25) is 0 Å². The minimum Gasteiger partial charge on any atom is -0.496 e. The molecular formula is C20H24N2O4S. The number of hydrogen-bond acceptors (Lipinski definition) is 4. The Morgan fingerprint density at radius 3 is 2.67 bits per heavy atom. The van der Waals surface area contributed by atoms with Crippen molar-refractivity contribution in [1.82, 2.24) is 0 Å². The monoisotopic (exact) mass is 388 g/mol. The third-order valence-corrected chi connectivity index (χ3v) is 5.78. The number of rotatable bonds is 7. The van der Waals surface area contributed by atoms with Crippen LogP contribution in [0, 0.1) is 0 Å². The fourth-order valence-corrected chi connectivity index (χ4v) is 4.54. The summed E-state index contributed by atoms with van der Waals surface area (Å²) in [5.74, 6) is 0.491. The molecule has 0 saturated carbocycles. The van der Waals surface area contributed by atoms with Gasteiger partial charge in [-0.1, -0.05) is 25.1 Å². The zero-order valence-corrected chi connectivity index (χ0v) is 16.4. The Bertz CT molecular complexity index is 941. The van der Waals surface area contributed by atoms with Crippen molar-refractivity contribution in [3.8, 4) is 5.75 Å². The van der Waals surface area contributed by atoms with Crippen LogP contribution in [0.15, 0.2) is 42.5 Å². The van der Waals surface area contributed by atoms with Crippen LogP contribution in [0.5, 0.6) is 5.75 Å². The number of carbonyl (C=O) groups excluding carboxylic acids is 1. The first-order chi connectivity index (χ1) is 12.9. The predicted molar refractivity (Wildman–Crippen MR) is 107 cm³/mol. The van der Waals surface area contributed by atoms with E-state index in [1.165, 1.54) is 7.11 Å². The van der Waals surface area contributed by atoms with Crippen LogP contribution in [0.25, 0.3) is 0 Å². The molecule has 3 rings (SSSR count). The number of methoxy groups -OCH3 is 1. The molecule has 6 nitrogen and oxygen atoms in total. The van der Waals surface area contributed by atoms with Gasteiger partial charge in [-0.15, -0.1) is 0 Å². The normalized spacial score (nSPS) is 14.0. The molecule has 0 radical (unpaired) electrons. The van der Waals surface area contributed by atoms with Gasteiger partial charge in [-0.2, -0.15) is 0 Å². The standard InChI is InChI=1S/C20H24N2O4S/c1-3-12-22-18-10-9-17(13-15(18)8-11-20(22)23)21-27(24,25)14-16-6-4-5-7-19(16)26-2/h4-7,9-10,13,21H,3,8,11-12,14H2,1-2H3. The molecule has 0 atom stereocenters. The highest BCUT2D eigenvalue weighted by Crippen LogP contribution is 2.31. The largest absolute Gasteiger partial charge is 0.496 e. The van der Waals surface area contributed by atoms with Gasteiger partial charge in [0.25, 0.3) is 0 Å². The summed E-state index contributed by atoms with van der Waals surface area (Å²) in [6.45, 7) is 2.70.